The van der Waals surface area contributed by atoms with E-state index in [1.54, 1.807) is 0 Å². The normalized spacial score (nSPS) is 11.4. The number of nitrogens with one attached hydrogen (secondary N) is 2. The van der Waals surface area contributed by atoms with Crippen molar-refractivity contribution in [3.8, 4) is 0 Å². The Morgan fingerprint density at radius 3 is 2.63 bits per heavy atom. The van der Waals surface area contributed by atoms with Crippen molar-refractivity contribution in [2.75, 3.05) is 18.7 Å². The van der Waals surface area contributed by atoms with Crippen LogP contribution < -0.4 is 10.6 Å². The van der Waals surface area contributed by atoms with E-state index in [1.807, 2.05) is 24.5 Å². The van der Waals surface area contributed by atoms with Crippen LogP contribution in [0.5, 0.6) is 0 Å². The van der Waals surface area contributed by atoms with Crippen molar-refractivity contribution in [3.63, 3.8) is 0 Å². The number of amidine groups is 1. The first-order chi connectivity index (χ1) is 12.9. The molecule has 150 valence electrons. The summed E-state index contributed by atoms with van der Waals surface area (Å²) in [7, 11) is 1.30. The van der Waals surface area contributed by atoms with Gasteiger partial charge in [-0.3, -0.25) is 10.1 Å². The standard InChI is InChI=1S/C20H31N3O3S/c1-6-7-8-15-10-11-16(21-18(24)12-9-14(2)3)17(13-15)22-19(27-5)23-20(25)26-4/h10-11,13-14H,6-9,12H2,1-5H3,(H,21,24)(H,22,23,25). The average Bonchev–Trinajstić information content (AvgIpc) is 2.65. The monoisotopic (exact) mass is 393 g/mol. The molecule has 0 aliphatic carbocycles. The molecule has 0 aliphatic heterocycles. The van der Waals surface area contributed by atoms with Gasteiger partial charge < -0.3 is 10.1 Å². The molecule has 1 rings (SSSR count). The fraction of sp³-hybridized carbons (Fsp3) is 0.550. The average molecular weight is 394 g/mol. The molecule has 27 heavy (non-hydrogen) atoms. The highest BCUT2D eigenvalue weighted by molar-refractivity contribution is 8.13. The van der Waals surface area contributed by atoms with Gasteiger partial charge in [0.1, 0.15) is 0 Å². The molecular formula is C20H31N3O3S. The molecule has 0 aliphatic rings. The summed E-state index contributed by atoms with van der Waals surface area (Å²) in [6, 6.07) is 5.86. The molecule has 0 spiro atoms. The van der Waals surface area contributed by atoms with Crippen molar-refractivity contribution in [1.82, 2.24) is 5.32 Å². The molecule has 0 heterocycles. The molecule has 0 radical (unpaired) electrons. The number of ether oxygens (including phenoxy) is 1. The molecule has 2 amide bonds. The number of carbonyl (C=O) groups excluding carboxylic acids is 2. The van der Waals surface area contributed by atoms with E-state index in [0.29, 0.717) is 28.9 Å². The molecular weight excluding hydrogens is 362 g/mol. The molecule has 0 atom stereocenters. The van der Waals surface area contributed by atoms with Crippen LogP contribution in [0.2, 0.25) is 0 Å². The lowest BCUT2D eigenvalue weighted by Crippen LogP contribution is -2.27. The van der Waals surface area contributed by atoms with E-state index in [4.69, 9.17) is 0 Å². The maximum absolute atomic E-state index is 12.3. The van der Waals surface area contributed by atoms with Crippen LogP contribution in [0.1, 0.15) is 52.0 Å². The van der Waals surface area contributed by atoms with E-state index in [-0.39, 0.29) is 5.91 Å². The zero-order chi connectivity index (χ0) is 20.2. The molecule has 1 aromatic carbocycles. The van der Waals surface area contributed by atoms with Crippen LogP contribution in [-0.2, 0) is 16.0 Å². The summed E-state index contributed by atoms with van der Waals surface area (Å²) in [5.41, 5.74) is 2.42. The highest BCUT2D eigenvalue weighted by Crippen LogP contribution is 2.28. The van der Waals surface area contributed by atoms with Gasteiger partial charge >= 0.3 is 6.09 Å². The van der Waals surface area contributed by atoms with Gasteiger partial charge in [-0.05, 0) is 49.1 Å². The predicted octanol–water partition coefficient (Wildman–Crippen LogP) is 5.11. The number of amides is 2. The van der Waals surface area contributed by atoms with Crippen LogP contribution in [0.3, 0.4) is 0 Å². The Bertz CT molecular complexity index is 660. The summed E-state index contributed by atoms with van der Waals surface area (Å²) in [5.74, 6) is 0.435. The highest BCUT2D eigenvalue weighted by atomic mass is 32.2. The van der Waals surface area contributed by atoms with Crippen molar-refractivity contribution < 1.29 is 14.3 Å². The van der Waals surface area contributed by atoms with Gasteiger partial charge in [0.05, 0.1) is 18.5 Å². The number of hydrogen-bond acceptors (Lipinski definition) is 5. The Morgan fingerprint density at radius 1 is 1.30 bits per heavy atom. The Morgan fingerprint density at radius 2 is 2.04 bits per heavy atom. The third kappa shape index (κ3) is 8.95. The lowest BCUT2D eigenvalue weighted by Gasteiger charge is -2.12. The largest absolute Gasteiger partial charge is 0.453 e. The minimum Gasteiger partial charge on any atom is -0.453 e. The number of carbonyl (C=O) groups is 2. The predicted molar refractivity (Wildman–Crippen MR) is 114 cm³/mol. The summed E-state index contributed by atoms with van der Waals surface area (Å²) in [4.78, 5) is 28.3. The van der Waals surface area contributed by atoms with Gasteiger partial charge in [-0.1, -0.05) is 45.0 Å². The quantitative estimate of drug-likeness (QED) is 0.475. The van der Waals surface area contributed by atoms with Gasteiger partial charge in [-0.15, -0.1) is 0 Å². The first-order valence-corrected chi connectivity index (χ1v) is 10.5. The Balaban J connectivity index is 3.09. The second-order valence-electron chi connectivity index (χ2n) is 6.67. The van der Waals surface area contributed by atoms with Crippen molar-refractivity contribution in [2.24, 2.45) is 10.9 Å². The number of aliphatic imine (C=N–C) groups is 1. The molecule has 7 heteroatoms. The van der Waals surface area contributed by atoms with Crippen LogP contribution in [0, 0.1) is 5.92 Å². The molecule has 6 nitrogen and oxygen atoms in total. The first kappa shape index (κ1) is 23.0. The number of nitrogens with zero attached hydrogens (tertiary/aromatic N) is 1. The number of thioether (sulfide) groups is 1. The van der Waals surface area contributed by atoms with Gasteiger partial charge in [0.15, 0.2) is 5.17 Å². The number of benzene rings is 1. The lowest BCUT2D eigenvalue weighted by molar-refractivity contribution is -0.116. The zero-order valence-electron chi connectivity index (χ0n) is 16.9. The van der Waals surface area contributed by atoms with Crippen molar-refractivity contribution in [3.05, 3.63) is 23.8 Å². The molecule has 1 aromatic rings. The maximum atomic E-state index is 12.3. The second kappa shape index (κ2) is 12.4. The minimum atomic E-state index is -0.576. The van der Waals surface area contributed by atoms with Gasteiger partial charge in [0, 0.05) is 6.42 Å². The van der Waals surface area contributed by atoms with E-state index in [0.717, 1.165) is 31.2 Å². The number of aryl methyl sites for hydroxylation is 1. The number of unbranched alkanes of at least 4 members (excludes halogenated alkanes) is 1. The summed E-state index contributed by atoms with van der Waals surface area (Å²) in [5, 5.41) is 5.94. The number of methoxy groups -OCH3 is 1. The van der Waals surface area contributed by atoms with Crippen molar-refractivity contribution in [2.45, 2.75) is 52.9 Å². The van der Waals surface area contributed by atoms with E-state index in [1.165, 1.54) is 18.9 Å². The number of alkyl carbamates (subject to hydrolysis) is 1. The third-order valence-electron chi connectivity index (χ3n) is 3.91. The third-order valence-corrected chi connectivity index (χ3v) is 4.49. The lowest BCUT2D eigenvalue weighted by atomic mass is 10.1. The first-order valence-electron chi connectivity index (χ1n) is 9.30. The van der Waals surface area contributed by atoms with Crippen molar-refractivity contribution in [1.29, 1.82) is 0 Å². The van der Waals surface area contributed by atoms with Gasteiger partial charge in [-0.25, -0.2) is 9.79 Å². The maximum Gasteiger partial charge on any atom is 0.412 e. The summed E-state index contributed by atoms with van der Waals surface area (Å²) >= 11 is 1.30. The summed E-state index contributed by atoms with van der Waals surface area (Å²) in [6.07, 6.45) is 5.67. The van der Waals surface area contributed by atoms with Crippen LogP contribution >= 0.6 is 11.8 Å². The van der Waals surface area contributed by atoms with Crippen LogP contribution in [0.15, 0.2) is 23.2 Å². The fourth-order valence-corrected chi connectivity index (χ4v) is 2.69. The van der Waals surface area contributed by atoms with Gasteiger partial charge in [0.2, 0.25) is 5.91 Å². The number of anilines is 1. The van der Waals surface area contributed by atoms with Gasteiger partial charge in [-0.2, -0.15) is 0 Å². The molecule has 0 saturated carbocycles. The van der Waals surface area contributed by atoms with E-state index >= 15 is 0 Å². The Labute approximate surface area is 166 Å². The molecule has 0 unspecified atom stereocenters. The molecule has 0 fully saturated rings. The number of rotatable bonds is 8. The van der Waals surface area contributed by atoms with Gasteiger partial charge in [0.25, 0.3) is 0 Å². The topological polar surface area (TPSA) is 79.8 Å². The SMILES string of the molecule is CCCCc1ccc(NC(=O)CCC(C)C)c(N=C(NC(=O)OC)SC)c1. The highest BCUT2D eigenvalue weighted by Gasteiger charge is 2.11. The Hall–Kier alpha value is -2.02. The second-order valence-corrected chi connectivity index (χ2v) is 7.47. The molecule has 0 aromatic heterocycles. The number of hydrogen-bond donors (Lipinski definition) is 2. The minimum absolute atomic E-state index is 0.0342. The molecule has 2 N–H and O–H groups in total. The molecule has 0 saturated heterocycles. The van der Waals surface area contributed by atoms with Crippen molar-refractivity contribution >= 4 is 40.3 Å². The molecule has 0 bridgehead atoms. The summed E-state index contributed by atoms with van der Waals surface area (Å²) < 4.78 is 4.63. The fourth-order valence-electron chi connectivity index (χ4n) is 2.32. The summed E-state index contributed by atoms with van der Waals surface area (Å²) in [6.45, 7) is 6.33. The van der Waals surface area contributed by atoms with Crippen LogP contribution in [0.25, 0.3) is 0 Å². The van der Waals surface area contributed by atoms with E-state index in [9.17, 15) is 9.59 Å². The Kier molecular flexibility index (Phi) is 10.6. The van der Waals surface area contributed by atoms with E-state index in [2.05, 4.69) is 41.1 Å². The van der Waals surface area contributed by atoms with Crippen LogP contribution in [-0.4, -0.2) is 30.5 Å². The van der Waals surface area contributed by atoms with E-state index < -0.39 is 6.09 Å². The van der Waals surface area contributed by atoms with Crippen LogP contribution in [0.4, 0.5) is 16.2 Å². The smallest absolute Gasteiger partial charge is 0.412 e. The zero-order valence-corrected chi connectivity index (χ0v) is 17.7.